The zero-order valence-corrected chi connectivity index (χ0v) is 20.4. The number of nitrogens with one attached hydrogen (secondary N) is 1. The number of hydrogen-bond donors (Lipinski definition) is 1. The van der Waals surface area contributed by atoms with Gasteiger partial charge in [0.1, 0.15) is 5.02 Å². The molecule has 0 radical (unpaired) electrons. The molecule has 2 aliphatic heterocycles. The molecule has 1 amide bonds. The standard InChI is InChI=1S/C24H21ClN4O6S/c25-20-9-4-16(11-22(20)29(32)33)24(31)26-18-5-7-19(8-6-18)36(34,35)27-12-15-10-17(14-27)21-2-1-3-23(30)28(21)13-15/h1-9,11,15,17H,10,12-14H2,(H,26,31)/t15-,17+/m0/s1. The molecule has 0 aliphatic carbocycles. The van der Waals surface area contributed by atoms with E-state index in [1.54, 1.807) is 10.6 Å². The number of sulfonamides is 1. The van der Waals surface area contributed by atoms with Crippen LogP contribution in [0.15, 0.2) is 70.4 Å². The van der Waals surface area contributed by atoms with E-state index in [0.717, 1.165) is 18.2 Å². The Morgan fingerprint density at radius 2 is 1.81 bits per heavy atom. The number of carbonyl (C=O) groups excluding carboxylic acids is 1. The van der Waals surface area contributed by atoms with E-state index in [4.69, 9.17) is 11.6 Å². The third kappa shape index (κ3) is 4.41. The highest BCUT2D eigenvalue weighted by molar-refractivity contribution is 7.89. The van der Waals surface area contributed by atoms with Gasteiger partial charge in [0.05, 0.1) is 9.82 Å². The van der Waals surface area contributed by atoms with Gasteiger partial charge in [0, 0.05) is 54.6 Å². The summed E-state index contributed by atoms with van der Waals surface area (Å²) in [5, 5.41) is 13.6. The van der Waals surface area contributed by atoms with Gasteiger partial charge in [-0.05, 0) is 54.8 Å². The van der Waals surface area contributed by atoms with Crippen LogP contribution in [0.4, 0.5) is 11.4 Å². The van der Waals surface area contributed by atoms with Crippen molar-refractivity contribution in [3.63, 3.8) is 0 Å². The van der Waals surface area contributed by atoms with Gasteiger partial charge in [-0.3, -0.25) is 19.7 Å². The van der Waals surface area contributed by atoms with Crippen LogP contribution in [-0.2, 0) is 16.6 Å². The topological polar surface area (TPSA) is 132 Å². The summed E-state index contributed by atoms with van der Waals surface area (Å²) in [5.41, 5.74) is 0.787. The Hall–Kier alpha value is -3.54. The van der Waals surface area contributed by atoms with Crippen molar-refractivity contribution in [1.29, 1.82) is 0 Å². The molecule has 2 aromatic carbocycles. The SMILES string of the molecule is O=C(Nc1ccc(S(=O)(=O)N2C[C@@H]3C[C@H](C2)c2cccc(=O)n2C3)cc1)c1ccc(Cl)c([N+](=O)[O-])c1. The molecule has 1 fully saturated rings. The predicted octanol–water partition coefficient (Wildman–Crippen LogP) is 3.47. The summed E-state index contributed by atoms with van der Waals surface area (Å²) < 4.78 is 30.0. The molecule has 10 nitrogen and oxygen atoms in total. The molecule has 3 aromatic rings. The van der Waals surface area contributed by atoms with Crippen LogP contribution in [0.3, 0.4) is 0 Å². The van der Waals surface area contributed by atoms with Crippen molar-refractivity contribution in [2.75, 3.05) is 18.4 Å². The molecule has 0 saturated carbocycles. The number of benzene rings is 2. The number of pyridine rings is 1. The second kappa shape index (κ2) is 9.16. The van der Waals surface area contributed by atoms with Crippen LogP contribution in [0, 0.1) is 16.0 Å². The summed E-state index contributed by atoms with van der Waals surface area (Å²) in [6, 6.07) is 14.6. The number of rotatable bonds is 5. The van der Waals surface area contributed by atoms with E-state index in [1.165, 1.54) is 46.8 Å². The molecule has 36 heavy (non-hydrogen) atoms. The normalized spacial score (nSPS) is 19.4. The summed E-state index contributed by atoms with van der Waals surface area (Å²) in [6.07, 6.45) is 0.837. The van der Waals surface area contributed by atoms with E-state index >= 15 is 0 Å². The maximum Gasteiger partial charge on any atom is 0.288 e. The first-order chi connectivity index (χ1) is 17.1. The molecule has 2 atom stereocenters. The maximum atomic E-state index is 13.4. The lowest BCUT2D eigenvalue weighted by Crippen LogP contribution is -2.48. The van der Waals surface area contributed by atoms with Crippen molar-refractivity contribution in [3.05, 3.63) is 97.4 Å². The molecule has 3 heterocycles. The predicted molar refractivity (Wildman–Crippen MR) is 133 cm³/mol. The number of piperidine rings is 1. The highest BCUT2D eigenvalue weighted by Gasteiger charge is 2.39. The number of hydrogen-bond acceptors (Lipinski definition) is 6. The molecule has 1 N–H and O–H groups in total. The fourth-order valence-corrected chi connectivity index (χ4v) is 6.65. The minimum Gasteiger partial charge on any atom is -0.322 e. The molecule has 1 saturated heterocycles. The summed E-state index contributed by atoms with van der Waals surface area (Å²) in [6.45, 7) is 1.11. The molecule has 186 valence electrons. The van der Waals surface area contributed by atoms with Crippen molar-refractivity contribution in [2.45, 2.75) is 23.8 Å². The van der Waals surface area contributed by atoms with Gasteiger partial charge in [-0.1, -0.05) is 17.7 Å². The van der Waals surface area contributed by atoms with Gasteiger partial charge in [-0.15, -0.1) is 0 Å². The Morgan fingerprint density at radius 3 is 2.53 bits per heavy atom. The second-order valence-electron chi connectivity index (χ2n) is 8.92. The molecule has 2 aliphatic rings. The Kier molecular flexibility index (Phi) is 6.15. The van der Waals surface area contributed by atoms with E-state index in [2.05, 4.69) is 5.32 Å². The maximum absolute atomic E-state index is 13.4. The van der Waals surface area contributed by atoms with E-state index in [9.17, 15) is 28.1 Å². The minimum absolute atomic E-state index is 0.0436. The molecule has 1 aromatic heterocycles. The average Bonchev–Trinajstić information content (AvgIpc) is 2.85. The van der Waals surface area contributed by atoms with Crippen LogP contribution < -0.4 is 10.9 Å². The largest absolute Gasteiger partial charge is 0.322 e. The quantitative estimate of drug-likeness (QED) is 0.398. The van der Waals surface area contributed by atoms with Gasteiger partial charge in [0.25, 0.3) is 17.2 Å². The molecular weight excluding hydrogens is 508 g/mol. The van der Waals surface area contributed by atoms with E-state index in [1.807, 2.05) is 6.07 Å². The Morgan fingerprint density at radius 1 is 1.06 bits per heavy atom. The van der Waals surface area contributed by atoms with Crippen LogP contribution >= 0.6 is 11.6 Å². The van der Waals surface area contributed by atoms with Crippen molar-refractivity contribution in [2.24, 2.45) is 5.92 Å². The van der Waals surface area contributed by atoms with Gasteiger partial charge >= 0.3 is 0 Å². The number of halogens is 1. The van der Waals surface area contributed by atoms with Crippen LogP contribution in [0.25, 0.3) is 0 Å². The average molecular weight is 529 g/mol. The van der Waals surface area contributed by atoms with E-state index in [0.29, 0.717) is 18.8 Å². The Balaban J connectivity index is 1.32. The molecule has 0 spiro atoms. The van der Waals surface area contributed by atoms with Gasteiger partial charge in [0.2, 0.25) is 10.0 Å². The zero-order valence-electron chi connectivity index (χ0n) is 18.8. The van der Waals surface area contributed by atoms with Crippen molar-refractivity contribution in [1.82, 2.24) is 8.87 Å². The Labute approximate surface area is 211 Å². The first-order valence-electron chi connectivity index (χ1n) is 11.2. The van der Waals surface area contributed by atoms with Gasteiger partial charge in [0.15, 0.2) is 0 Å². The molecule has 2 bridgehead atoms. The lowest BCUT2D eigenvalue weighted by atomic mass is 9.84. The fraction of sp³-hybridized carbons (Fsp3) is 0.250. The third-order valence-electron chi connectivity index (χ3n) is 6.60. The number of nitro benzene ring substituents is 1. The van der Waals surface area contributed by atoms with Crippen LogP contribution in [0.5, 0.6) is 0 Å². The number of anilines is 1. The number of amides is 1. The number of aromatic nitrogens is 1. The number of nitrogens with zero attached hydrogens (tertiary/aromatic N) is 3. The minimum atomic E-state index is -3.79. The third-order valence-corrected chi connectivity index (χ3v) is 8.77. The lowest BCUT2D eigenvalue weighted by molar-refractivity contribution is -0.384. The van der Waals surface area contributed by atoms with Gasteiger partial charge in [-0.2, -0.15) is 4.31 Å². The number of carbonyl (C=O) groups is 1. The van der Waals surface area contributed by atoms with Gasteiger partial charge in [-0.25, -0.2) is 8.42 Å². The fourth-order valence-electron chi connectivity index (χ4n) is 4.91. The Bertz CT molecular complexity index is 1540. The molecule has 0 unspecified atom stereocenters. The van der Waals surface area contributed by atoms with Crippen molar-refractivity contribution in [3.8, 4) is 0 Å². The first kappa shape index (κ1) is 24.2. The van der Waals surface area contributed by atoms with Crippen molar-refractivity contribution < 1.29 is 18.1 Å². The molecule has 5 rings (SSSR count). The second-order valence-corrected chi connectivity index (χ2v) is 11.3. The molecular formula is C24H21ClN4O6S. The van der Waals surface area contributed by atoms with Crippen LogP contribution in [-0.4, -0.2) is 41.2 Å². The molecule has 12 heteroatoms. The number of nitro groups is 1. The number of fused-ring (bicyclic) bond motifs is 4. The summed E-state index contributed by atoms with van der Waals surface area (Å²) in [5.74, 6) is -0.598. The zero-order chi connectivity index (χ0) is 25.6. The summed E-state index contributed by atoms with van der Waals surface area (Å²) in [7, 11) is -3.79. The van der Waals surface area contributed by atoms with Gasteiger partial charge < -0.3 is 9.88 Å². The van der Waals surface area contributed by atoms with E-state index < -0.39 is 20.9 Å². The monoisotopic (exact) mass is 528 g/mol. The highest BCUT2D eigenvalue weighted by Crippen LogP contribution is 2.37. The first-order valence-corrected chi connectivity index (χ1v) is 13.0. The summed E-state index contributed by atoms with van der Waals surface area (Å²) >= 11 is 5.79. The van der Waals surface area contributed by atoms with E-state index in [-0.39, 0.29) is 45.1 Å². The van der Waals surface area contributed by atoms with Crippen molar-refractivity contribution >= 4 is 38.9 Å². The van der Waals surface area contributed by atoms with Crippen LogP contribution in [0.1, 0.15) is 28.4 Å². The summed E-state index contributed by atoms with van der Waals surface area (Å²) in [4.78, 5) is 35.2. The van der Waals surface area contributed by atoms with Crippen LogP contribution in [0.2, 0.25) is 5.02 Å². The smallest absolute Gasteiger partial charge is 0.288 e. The lowest BCUT2D eigenvalue weighted by Gasteiger charge is -2.42. The highest BCUT2D eigenvalue weighted by atomic mass is 35.5.